The molecule has 1 aliphatic rings. The first-order chi connectivity index (χ1) is 14.0. The second-order valence-corrected chi connectivity index (χ2v) is 5.98. The van der Waals surface area contributed by atoms with Gasteiger partial charge >= 0.3 is 6.03 Å². The molecule has 1 heterocycles. The molecule has 150 valence electrons. The molecule has 8 heteroatoms. The Morgan fingerprint density at radius 3 is 2.38 bits per heavy atom. The zero-order chi connectivity index (χ0) is 21.0. The number of para-hydroxylation sites is 1. The second kappa shape index (κ2) is 8.55. The minimum atomic E-state index is -1.01. The summed E-state index contributed by atoms with van der Waals surface area (Å²) in [5.41, 5.74) is -0.0622. The number of ether oxygens (including phenoxy) is 2. The number of amides is 4. The highest BCUT2D eigenvalue weighted by atomic mass is 19.1. The van der Waals surface area contributed by atoms with Gasteiger partial charge in [-0.3, -0.25) is 14.9 Å². The van der Waals surface area contributed by atoms with E-state index >= 15 is 0 Å². The Labute approximate surface area is 166 Å². The molecule has 0 spiro atoms. The van der Waals surface area contributed by atoms with Gasteiger partial charge in [-0.15, -0.1) is 0 Å². The number of hydrogen-bond acceptors (Lipinski definition) is 5. The number of hydrogen-bond donors (Lipinski definition) is 1. The number of benzene rings is 2. The Hall–Kier alpha value is -3.68. The van der Waals surface area contributed by atoms with Gasteiger partial charge in [0.05, 0.1) is 18.9 Å². The van der Waals surface area contributed by atoms with E-state index in [1.54, 1.807) is 18.2 Å². The largest absolute Gasteiger partial charge is 0.490 e. The molecule has 1 aliphatic heterocycles. The highest BCUT2D eigenvalue weighted by molar-refractivity contribution is 6.39. The predicted molar refractivity (Wildman–Crippen MR) is 104 cm³/mol. The Bertz CT molecular complexity index is 1000. The number of carbonyl (C=O) groups is 3. The van der Waals surface area contributed by atoms with Crippen LogP contribution in [-0.4, -0.2) is 31.1 Å². The first-order valence-corrected chi connectivity index (χ1v) is 9.01. The molecular formula is C21H19FN2O5. The van der Waals surface area contributed by atoms with E-state index in [0.29, 0.717) is 35.2 Å². The highest BCUT2D eigenvalue weighted by Crippen LogP contribution is 2.30. The van der Waals surface area contributed by atoms with Crippen LogP contribution in [0.2, 0.25) is 0 Å². The molecule has 7 nitrogen and oxygen atoms in total. The Kier molecular flexibility index (Phi) is 5.92. The molecule has 0 aliphatic carbocycles. The van der Waals surface area contributed by atoms with Crippen LogP contribution in [0.3, 0.4) is 0 Å². The highest BCUT2D eigenvalue weighted by Gasteiger charge is 2.37. The summed E-state index contributed by atoms with van der Waals surface area (Å²) in [6.07, 6.45) is 1.32. The predicted octanol–water partition coefficient (Wildman–Crippen LogP) is 3.29. The van der Waals surface area contributed by atoms with Crippen molar-refractivity contribution in [1.29, 1.82) is 0 Å². The smallest absolute Gasteiger partial charge is 0.336 e. The Morgan fingerprint density at radius 1 is 1.00 bits per heavy atom. The van der Waals surface area contributed by atoms with E-state index in [9.17, 15) is 18.8 Å². The lowest BCUT2D eigenvalue weighted by molar-refractivity contribution is -0.122. The van der Waals surface area contributed by atoms with Crippen LogP contribution in [0.5, 0.6) is 11.5 Å². The van der Waals surface area contributed by atoms with Gasteiger partial charge in [-0.1, -0.05) is 18.2 Å². The molecule has 4 amide bonds. The van der Waals surface area contributed by atoms with E-state index in [1.807, 2.05) is 13.8 Å². The number of carbonyl (C=O) groups excluding carboxylic acids is 3. The fraction of sp³-hybridized carbons (Fsp3) is 0.190. The fourth-order valence-corrected chi connectivity index (χ4v) is 2.83. The summed E-state index contributed by atoms with van der Waals surface area (Å²) in [5, 5.41) is 2.06. The SMILES string of the molecule is CCOc1ccc(C=C2C(=O)NC(=O)N(c3ccccc3F)C2=O)cc1OCC. The minimum Gasteiger partial charge on any atom is -0.490 e. The van der Waals surface area contributed by atoms with Crippen molar-refractivity contribution >= 4 is 29.6 Å². The second-order valence-electron chi connectivity index (χ2n) is 5.98. The van der Waals surface area contributed by atoms with Crippen molar-refractivity contribution in [3.8, 4) is 11.5 Å². The van der Waals surface area contributed by atoms with E-state index < -0.39 is 23.7 Å². The summed E-state index contributed by atoms with van der Waals surface area (Å²) in [7, 11) is 0. The van der Waals surface area contributed by atoms with Gasteiger partial charge < -0.3 is 9.47 Å². The molecule has 0 unspecified atom stereocenters. The van der Waals surface area contributed by atoms with Gasteiger partial charge in [-0.05, 0) is 49.8 Å². The van der Waals surface area contributed by atoms with Crippen LogP contribution >= 0.6 is 0 Å². The van der Waals surface area contributed by atoms with Crippen molar-refractivity contribution in [2.24, 2.45) is 0 Å². The van der Waals surface area contributed by atoms with Crippen LogP contribution in [0, 0.1) is 5.82 Å². The lowest BCUT2D eigenvalue weighted by atomic mass is 10.1. The number of nitrogens with zero attached hydrogens (tertiary/aromatic N) is 1. The van der Waals surface area contributed by atoms with E-state index in [4.69, 9.17) is 9.47 Å². The summed E-state index contributed by atoms with van der Waals surface area (Å²) in [6.45, 7) is 4.50. The maximum atomic E-state index is 14.1. The minimum absolute atomic E-state index is 0.241. The molecule has 2 aromatic rings. The topological polar surface area (TPSA) is 84.9 Å². The number of imide groups is 2. The normalized spacial score (nSPS) is 15.5. The van der Waals surface area contributed by atoms with Crippen LogP contribution in [0.15, 0.2) is 48.0 Å². The van der Waals surface area contributed by atoms with Crippen LogP contribution in [0.4, 0.5) is 14.9 Å². The van der Waals surface area contributed by atoms with Gasteiger partial charge in [0, 0.05) is 0 Å². The van der Waals surface area contributed by atoms with Crippen molar-refractivity contribution in [3.05, 3.63) is 59.4 Å². The first kappa shape index (κ1) is 20.1. The summed E-state index contributed by atoms with van der Waals surface area (Å²) in [6, 6.07) is 9.23. The maximum Gasteiger partial charge on any atom is 0.336 e. The van der Waals surface area contributed by atoms with Gasteiger partial charge in [0.1, 0.15) is 11.4 Å². The molecule has 1 N–H and O–H groups in total. The summed E-state index contributed by atoms with van der Waals surface area (Å²) in [4.78, 5) is 37.9. The fourth-order valence-electron chi connectivity index (χ4n) is 2.83. The molecular weight excluding hydrogens is 379 g/mol. The monoisotopic (exact) mass is 398 g/mol. The van der Waals surface area contributed by atoms with Crippen molar-refractivity contribution < 1.29 is 28.2 Å². The summed E-state index contributed by atoms with van der Waals surface area (Å²) >= 11 is 0. The molecule has 2 aromatic carbocycles. The lowest BCUT2D eigenvalue weighted by Crippen LogP contribution is -2.54. The number of halogens is 1. The maximum absolute atomic E-state index is 14.1. The molecule has 0 radical (unpaired) electrons. The zero-order valence-corrected chi connectivity index (χ0v) is 15.9. The van der Waals surface area contributed by atoms with Crippen molar-refractivity contribution in [2.45, 2.75) is 13.8 Å². The van der Waals surface area contributed by atoms with Crippen molar-refractivity contribution in [1.82, 2.24) is 5.32 Å². The van der Waals surface area contributed by atoms with Crippen molar-refractivity contribution in [2.75, 3.05) is 18.1 Å². The van der Waals surface area contributed by atoms with E-state index in [-0.39, 0.29) is 11.3 Å². The lowest BCUT2D eigenvalue weighted by Gasteiger charge is -2.26. The number of urea groups is 1. The van der Waals surface area contributed by atoms with E-state index in [2.05, 4.69) is 5.32 Å². The van der Waals surface area contributed by atoms with E-state index in [1.165, 1.54) is 24.3 Å². The molecule has 1 fully saturated rings. The molecule has 0 aromatic heterocycles. The number of rotatable bonds is 6. The quantitative estimate of drug-likeness (QED) is 0.596. The van der Waals surface area contributed by atoms with E-state index in [0.717, 1.165) is 6.07 Å². The molecule has 0 bridgehead atoms. The first-order valence-electron chi connectivity index (χ1n) is 9.01. The third-order valence-corrected chi connectivity index (χ3v) is 4.07. The average Bonchev–Trinajstić information content (AvgIpc) is 2.68. The van der Waals surface area contributed by atoms with Crippen LogP contribution in [0.25, 0.3) is 6.08 Å². The molecule has 0 saturated carbocycles. The number of barbiturate groups is 1. The Balaban J connectivity index is 2.00. The van der Waals surface area contributed by atoms with Gasteiger partial charge in [-0.25, -0.2) is 14.1 Å². The van der Waals surface area contributed by atoms with Crippen LogP contribution in [0.1, 0.15) is 19.4 Å². The molecule has 3 rings (SSSR count). The van der Waals surface area contributed by atoms with Crippen molar-refractivity contribution in [3.63, 3.8) is 0 Å². The van der Waals surface area contributed by atoms with Crippen LogP contribution < -0.4 is 19.7 Å². The third-order valence-electron chi connectivity index (χ3n) is 4.07. The molecule has 0 atom stereocenters. The molecule has 1 saturated heterocycles. The Morgan fingerprint density at radius 2 is 1.69 bits per heavy atom. The van der Waals surface area contributed by atoms with Gasteiger partial charge in [0.15, 0.2) is 11.5 Å². The number of anilines is 1. The van der Waals surface area contributed by atoms with Crippen LogP contribution in [-0.2, 0) is 9.59 Å². The molecule has 29 heavy (non-hydrogen) atoms. The number of nitrogens with one attached hydrogen (secondary N) is 1. The average molecular weight is 398 g/mol. The zero-order valence-electron chi connectivity index (χ0n) is 15.9. The van der Waals surface area contributed by atoms with Gasteiger partial charge in [-0.2, -0.15) is 0 Å². The third kappa shape index (κ3) is 4.11. The summed E-state index contributed by atoms with van der Waals surface area (Å²) in [5.74, 6) is -1.56. The van der Waals surface area contributed by atoms with Gasteiger partial charge in [0.25, 0.3) is 11.8 Å². The standard InChI is InChI=1S/C21H19FN2O5/c1-3-28-17-10-9-13(12-18(17)29-4-2)11-14-19(25)23-21(27)24(20(14)26)16-8-6-5-7-15(16)22/h5-12H,3-4H2,1-2H3,(H,23,25,27). The summed E-state index contributed by atoms with van der Waals surface area (Å²) < 4.78 is 25.2. The van der Waals surface area contributed by atoms with Gasteiger partial charge in [0.2, 0.25) is 0 Å².